The molecule has 3 N–H and O–H groups in total. The summed E-state index contributed by atoms with van der Waals surface area (Å²) in [4.78, 5) is 31.4. The lowest BCUT2D eigenvalue weighted by atomic mass is 9.96. The van der Waals surface area contributed by atoms with Gasteiger partial charge < -0.3 is 25.4 Å². The molecule has 2 heterocycles. The molecule has 0 saturated carbocycles. The maximum Gasteiger partial charge on any atom is 0.257 e. The van der Waals surface area contributed by atoms with Crippen molar-refractivity contribution in [3.05, 3.63) is 59.2 Å². The Kier molecular flexibility index (Phi) is 8.52. The van der Waals surface area contributed by atoms with Crippen LogP contribution in [0.1, 0.15) is 43.5 Å². The Balaban J connectivity index is 1.41. The summed E-state index contributed by atoms with van der Waals surface area (Å²) in [5, 5.41) is 9.86. The quantitative estimate of drug-likeness (QED) is 0.494. The topological polar surface area (TPSA) is 100 Å². The van der Waals surface area contributed by atoms with Crippen LogP contribution in [0.2, 0.25) is 0 Å². The van der Waals surface area contributed by atoms with Crippen molar-refractivity contribution < 1.29 is 28.2 Å². The Hall–Kier alpha value is -3.55. The maximum atomic E-state index is 15.0. The Morgan fingerprint density at radius 3 is 2.46 bits per heavy atom. The van der Waals surface area contributed by atoms with Crippen LogP contribution in [-0.2, 0) is 4.79 Å². The molecular formula is C29H34F2N4O4. The molecule has 8 nitrogen and oxygen atoms in total. The monoisotopic (exact) mass is 540 g/mol. The molecule has 0 aromatic heterocycles. The molecular weight excluding hydrogens is 506 g/mol. The SMILES string of the molecule is [C-]#[N+]c1cc(-c2ccc(C(=O)N3C[C@H](O)C[C@H]3C(N)=O)c(F)c2)ccc1OCC1CCN(CC(C)(C)F)CC1. The molecule has 10 heteroatoms. The predicted molar refractivity (Wildman–Crippen MR) is 143 cm³/mol. The van der Waals surface area contributed by atoms with Gasteiger partial charge >= 0.3 is 0 Å². The first-order valence-corrected chi connectivity index (χ1v) is 13.1. The van der Waals surface area contributed by atoms with Gasteiger partial charge in [-0.15, -0.1) is 0 Å². The highest BCUT2D eigenvalue weighted by Gasteiger charge is 2.38. The van der Waals surface area contributed by atoms with Crippen LogP contribution >= 0.6 is 0 Å². The molecule has 39 heavy (non-hydrogen) atoms. The van der Waals surface area contributed by atoms with Crippen LogP contribution in [0.3, 0.4) is 0 Å². The van der Waals surface area contributed by atoms with Crippen LogP contribution in [0.15, 0.2) is 36.4 Å². The van der Waals surface area contributed by atoms with Crippen molar-refractivity contribution in [1.29, 1.82) is 0 Å². The number of carbonyl (C=O) groups excluding carboxylic acids is 2. The highest BCUT2D eigenvalue weighted by molar-refractivity contribution is 5.98. The summed E-state index contributed by atoms with van der Waals surface area (Å²) < 4.78 is 34.9. The second-order valence-electron chi connectivity index (χ2n) is 11.0. The van der Waals surface area contributed by atoms with E-state index in [4.69, 9.17) is 17.0 Å². The number of aliphatic hydroxyl groups excluding tert-OH is 1. The van der Waals surface area contributed by atoms with Crippen molar-refractivity contribution in [2.24, 2.45) is 11.7 Å². The van der Waals surface area contributed by atoms with E-state index in [1.807, 2.05) is 0 Å². The predicted octanol–water partition coefficient (Wildman–Crippen LogP) is 3.94. The van der Waals surface area contributed by atoms with Crippen LogP contribution in [0, 0.1) is 18.3 Å². The smallest absolute Gasteiger partial charge is 0.257 e. The zero-order chi connectivity index (χ0) is 28.3. The van der Waals surface area contributed by atoms with E-state index in [1.54, 1.807) is 38.1 Å². The number of amides is 2. The first-order chi connectivity index (χ1) is 18.4. The molecule has 2 aromatic rings. The van der Waals surface area contributed by atoms with Gasteiger partial charge in [0, 0.05) is 19.5 Å². The fourth-order valence-electron chi connectivity index (χ4n) is 5.29. The average molecular weight is 541 g/mol. The average Bonchev–Trinajstić information content (AvgIpc) is 3.29. The molecule has 2 fully saturated rings. The van der Waals surface area contributed by atoms with Crippen molar-refractivity contribution in [3.8, 4) is 16.9 Å². The molecule has 2 aromatic carbocycles. The number of halogens is 2. The van der Waals surface area contributed by atoms with Crippen molar-refractivity contribution in [3.63, 3.8) is 0 Å². The van der Waals surface area contributed by atoms with E-state index in [9.17, 15) is 19.1 Å². The summed E-state index contributed by atoms with van der Waals surface area (Å²) >= 11 is 0. The third-order valence-corrected chi connectivity index (χ3v) is 7.26. The van der Waals surface area contributed by atoms with Gasteiger partial charge in [0.15, 0.2) is 0 Å². The molecule has 2 saturated heterocycles. The largest absolute Gasteiger partial charge is 0.504 e. The molecule has 2 amide bonds. The molecule has 0 aliphatic carbocycles. The van der Waals surface area contributed by atoms with Crippen molar-refractivity contribution in [2.75, 3.05) is 32.8 Å². The molecule has 0 spiro atoms. The Morgan fingerprint density at radius 1 is 1.18 bits per heavy atom. The minimum Gasteiger partial charge on any atom is -0.504 e. The normalized spacial score (nSPS) is 20.6. The number of likely N-dealkylation sites (tertiary alicyclic amines) is 2. The highest BCUT2D eigenvalue weighted by Crippen LogP contribution is 2.35. The van der Waals surface area contributed by atoms with Gasteiger partial charge in [0.1, 0.15) is 23.3 Å². The van der Waals surface area contributed by atoms with Crippen molar-refractivity contribution in [2.45, 2.75) is 50.9 Å². The molecule has 0 unspecified atom stereocenters. The number of primary amides is 1. The zero-order valence-electron chi connectivity index (χ0n) is 22.2. The van der Waals surface area contributed by atoms with E-state index in [2.05, 4.69) is 9.74 Å². The molecule has 2 aliphatic heterocycles. The number of aliphatic hydroxyl groups is 1. The summed E-state index contributed by atoms with van der Waals surface area (Å²) in [5.74, 6) is -1.50. The zero-order valence-corrected chi connectivity index (χ0v) is 22.2. The van der Waals surface area contributed by atoms with Gasteiger partial charge in [0.25, 0.3) is 5.91 Å². The van der Waals surface area contributed by atoms with E-state index < -0.39 is 35.4 Å². The Labute approximate surface area is 227 Å². The summed E-state index contributed by atoms with van der Waals surface area (Å²) in [7, 11) is 0. The van der Waals surface area contributed by atoms with Gasteiger partial charge in [-0.05, 0) is 81.1 Å². The first-order valence-electron chi connectivity index (χ1n) is 13.1. The number of hydrogen-bond acceptors (Lipinski definition) is 5. The molecule has 0 radical (unpaired) electrons. The number of nitrogens with two attached hydrogens (primary N) is 1. The molecule has 2 atom stereocenters. The van der Waals surface area contributed by atoms with Crippen LogP contribution in [0.4, 0.5) is 14.5 Å². The number of alkyl halides is 1. The van der Waals surface area contributed by atoms with Gasteiger partial charge in [-0.2, -0.15) is 0 Å². The summed E-state index contributed by atoms with van der Waals surface area (Å²) in [5.41, 5.74) is 5.24. The van der Waals surface area contributed by atoms with Crippen molar-refractivity contribution in [1.82, 2.24) is 9.80 Å². The number of ether oxygens (including phenoxy) is 1. The standard InChI is InChI=1S/C29H34F2N4O4/c1-29(2,31)17-34-10-8-18(9-11-34)16-39-26-7-5-20(13-24(26)33-3)19-4-6-22(23(30)12-19)28(38)35-15-21(36)14-25(35)27(32)37/h4-7,12-13,18,21,25,36H,8-11,14-17H2,1-2H3,(H2,32,37)/t21-,25+/m1/s1. The van der Waals surface area contributed by atoms with Crippen LogP contribution in [-0.4, -0.2) is 77.3 Å². The Bertz CT molecular complexity index is 1260. The van der Waals surface area contributed by atoms with E-state index in [0.717, 1.165) is 30.8 Å². The van der Waals surface area contributed by atoms with E-state index in [1.165, 1.54) is 12.1 Å². The van der Waals surface area contributed by atoms with E-state index >= 15 is 4.39 Å². The second kappa shape index (κ2) is 11.7. The second-order valence-corrected chi connectivity index (χ2v) is 11.0. The Morgan fingerprint density at radius 2 is 1.85 bits per heavy atom. The summed E-state index contributed by atoms with van der Waals surface area (Å²) in [6.07, 6.45) is 0.902. The minimum atomic E-state index is -1.22. The first kappa shape index (κ1) is 28.5. The number of hydrogen-bond donors (Lipinski definition) is 2. The third-order valence-electron chi connectivity index (χ3n) is 7.26. The number of nitrogens with zero attached hydrogens (tertiary/aromatic N) is 3. The number of β-amino-alcohol motifs (C(OH)–C–C–N with tert-alkyl or cyclic N) is 1. The number of benzene rings is 2. The van der Waals surface area contributed by atoms with Crippen molar-refractivity contribution >= 4 is 17.5 Å². The third kappa shape index (κ3) is 6.91. The highest BCUT2D eigenvalue weighted by atomic mass is 19.1. The van der Waals surface area contributed by atoms with Gasteiger partial charge in [-0.1, -0.05) is 12.1 Å². The van der Waals surface area contributed by atoms with Gasteiger partial charge in [-0.25, -0.2) is 13.6 Å². The molecule has 4 rings (SSSR count). The number of rotatable bonds is 8. The number of carbonyl (C=O) groups is 2. The van der Waals surface area contributed by atoms with E-state index in [0.29, 0.717) is 41.6 Å². The lowest BCUT2D eigenvalue weighted by molar-refractivity contribution is -0.121. The molecule has 2 aliphatic rings. The van der Waals surface area contributed by atoms with Crippen LogP contribution < -0.4 is 10.5 Å². The fourth-order valence-corrected chi connectivity index (χ4v) is 5.29. The lowest BCUT2D eigenvalue weighted by Crippen LogP contribution is -2.44. The van der Waals surface area contributed by atoms with Crippen LogP contribution in [0.25, 0.3) is 16.0 Å². The molecule has 0 bridgehead atoms. The minimum absolute atomic E-state index is 0.0191. The molecule has 208 valence electrons. The fraction of sp³-hybridized carbons (Fsp3) is 0.483. The van der Waals surface area contributed by atoms with Gasteiger partial charge in [0.2, 0.25) is 11.6 Å². The maximum absolute atomic E-state index is 15.0. The lowest BCUT2D eigenvalue weighted by Gasteiger charge is -2.34. The summed E-state index contributed by atoms with van der Waals surface area (Å²) in [6.45, 7) is 13.1. The van der Waals surface area contributed by atoms with Crippen LogP contribution in [0.5, 0.6) is 5.75 Å². The van der Waals surface area contributed by atoms with E-state index in [-0.39, 0.29) is 18.5 Å². The van der Waals surface area contributed by atoms with Gasteiger partial charge in [0.05, 0.1) is 24.8 Å². The summed E-state index contributed by atoms with van der Waals surface area (Å²) in [6, 6.07) is 8.14. The van der Waals surface area contributed by atoms with Gasteiger partial charge in [-0.3, -0.25) is 9.59 Å². The number of piperidine rings is 1.